The van der Waals surface area contributed by atoms with Crippen molar-refractivity contribution in [2.45, 2.75) is 46.3 Å². The number of hydrogen-bond acceptors (Lipinski definition) is 3. The number of aryl methyl sites for hydroxylation is 2. The predicted octanol–water partition coefficient (Wildman–Crippen LogP) is 4.04. The quantitative estimate of drug-likeness (QED) is 0.788. The largest absolute Gasteiger partial charge is 0.491 e. The predicted molar refractivity (Wildman–Crippen MR) is 100 cm³/mol. The number of hydrogen-bond donors (Lipinski definition) is 1. The van der Waals surface area contributed by atoms with Gasteiger partial charge in [0.05, 0.1) is 6.04 Å². The van der Waals surface area contributed by atoms with E-state index in [2.05, 4.69) is 5.32 Å². The molecule has 0 heterocycles. The number of ether oxygens (including phenoxy) is 2. The molecule has 0 spiro atoms. The van der Waals surface area contributed by atoms with Gasteiger partial charge in [-0.25, -0.2) is 0 Å². The molecule has 0 aliphatic heterocycles. The number of benzene rings is 2. The Kier molecular flexibility index (Phi) is 6.87. The first-order valence-corrected chi connectivity index (χ1v) is 8.71. The minimum absolute atomic E-state index is 0.108. The van der Waals surface area contributed by atoms with Crippen LogP contribution in [0.2, 0.25) is 0 Å². The van der Waals surface area contributed by atoms with Crippen molar-refractivity contribution in [1.29, 1.82) is 0 Å². The standard InChI is InChI=1S/C21H27NO3/c1-5-19(25-20-9-7-6-8-16(20)3)21(23)22-17(4)14-24-18-12-10-15(2)11-13-18/h6-13,17,19H,5,14H2,1-4H3,(H,22,23)/t17-,19-/m0/s1. The van der Waals surface area contributed by atoms with E-state index in [0.29, 0.717) is 13.0 Å². The van der Waals surface area contributed by atoms with Gasteiger partial charge in [-0.1, -0.05) is 42.8 Å². The molecule has 0 aliphatic carbocycles. The minimum Gasteiger partial charge on any atom is -0.491 e. The normalized spacial score (nSPS) is 13.0. The zero-order valence-electron chi connectivity index (χ0n) is 15.4. The van der Waals surface area contributed by atoms with Crippen molar-refractivity contribution in [3.8, 4) is 11.5 Å². The molecule has 0 radical (unpaired) electrons. The summed E-state index contributed by atoms with van der Waals surface area (Å²) in [5, 5.41) is 2.96. The molecule has 4 nitrogen and oxygen atoms in total. The zero-order valence-corrected chi connectivity index (χ0v) is 15.4. The van der Waals surface area contributed by atoms with Crippen LogP contribution in [-0.2, 0) is 4.79 Å². The first-order valence-electron chi connectivity index (χ1n) is 8.71. The Labute approximate surface area is 150 Å². The van der Waals surface area contributed by atoms with E-state index < -0.39 is 6.10 Å². The van der Waals surface area contributed by atoms with Gasteiger partial charge in [-0.15, -0.1) is 0 Å². The Bertz CT molecular complexity index is 682. The number of carbonyl (C=O) groups excluding carboxylic acids is 1. The van der Waals surface area contributed by atoms with Gasteiger partial charge >= 0.3 is 0 Å². The first kappa shape index (κ1) is 18.8. The van der Waals surface area contributed by atoms with E-state index in [1.54, 1.807) is 0 Å². The molecule has 0 saturated carbocycles. The summed E-state index contributed by atoms with van der Waals surface area (Å²) in [5.41, 5.74) is 2.21. The molecule has 1 N–H and O–H groups in total. The Morgan fingerprint density at radius 3 is 2.40 bits per heavy atom. The van der Waals surface area contributed by atoms with Crippen LogP contribution in [0.5, 0.6) is 11.5 Å². The third kappa shape index (κ3) is 5.82. The molecule has 134 valence electrons. The van der Waals surface area contributed by atoms with Crippen molar-refractivity contribution in [2.24, 2.45) is 0 Å². The lowest BCUT2D eigenvalue weighted by Gasteiger charge is -2.21. The second-order valence-corrected chi connectivity index (χ2v) is 6.31. The first-order chi connectivity index (χ1) is 12.0. The van der Waals surface area contributed by atoms with E-state index in [4.69, 9.17) is 9.47 Å². The molecule has 4 heteroatoms. The molecule has 2 atom stereocenters. The van der Waals surface area contributed by atoms with Crippen LogP contribution in [0.4, 0.5) is 0 Å². The van der Waals surface area contributed by atoms with Crippen LogP contribution in [0, 0.1) is 13.8 Å². The smallest absolute Gasteiger partial charge is 0.261 e. The Hall–Kier alpha value is -2.49. The SMILES string of the molecule is CC[C@H](Oc1ccccc1C)C(=O)N[C@@H](C)COc1ccc(C)cc1. The summed E-state index contributed by atoms with van der Waals surface area (Å²) in [4.78, 5) is 12.5. The van der Waals surface area contributed by atoms with Gasteiger partial charge in [0.15, 0.2) is 6.10 Å². The van der Waals surface area contributed by atoms with Crippen molar-refractivity contribution >= 4 is 5.91 Å². The minimum atomic E-state index is -0.511. The molecule has 25 heavy (non-hydrogen) atoms. The highest BCUT2D eigenvalue weighted by molar-refractivity contribution is 5.81. The van der Waals surface area contributed by atoms with Crippen molar-refractivity contribution in [1.82, 2.24) is 5.32 Å². The number of rotatable bonds is 8. The zero-order chi connectivity index (χ0) is 18.2. The van der Waals surface area contributed by atoms with Crippen LogP contribution in [0.3, 0.4) is 0 Å². The van der Waals surface area contributed by atoms with Crippen LogP contribution in [0.15, 0.2) is 48.5 Å². The number of amides is 1. The highest BCUT2D eigenvalue weighted by Crippen LogP contribution is 2.19. The van der Waals surface area contributed by atoms with Gasteiger partial charge in [-0.05, 0) is 51.0 Å². The fraction of sp³-hybridized carbons (Fsp3) is 0.381. The maximum Gasteiger partial charge on any atom is 0.261 e. The fourth-order valence-corrected chi connectivity index (χ4v) is 2.40. The van der Waals surface area contributed by atoms with Gasteiger partial charge in [0.1, 0.15) is 18.1 Å². The summed E-state index contributed by atoms with van der Waals surface area (Å²) in [6.45, 7) is 8.28. The molecule has 0 bridgehead atoms. The van der Waals surface area contributed by atoms with Crippen molar-refractivity contribution in [2.75, 3.05) is 6.61 Å². The summed E-state index contributed by atoms with van der Waals surface area (Å²) in [6, 6.07) is 15.5. The van der Waals surface area contributed by atoms with Crippen LogP contribution < -0.4 is 14.8 Å². The van der Waals surface area contributed by atoms with Crippen LogP contribution in [-0.4, -0.2) is 24.7 Å². The van der Waals surface area contributed by atoms with Gasteiger partial charge < -0.3 is 14.8 Å². The van der Waals surface area contributed by atoms with E-state index in [1.165, 1.54) is 5.56 Å². The molecular formula is C21H27NO3. The van der Waals surface area contributed by atoms with E-state index in [9.17, 15) is 4.79 Å². The monoisotopic (exact) mass is 341 g/mol. The summed E-state index contributed by atoms with van der Waals surface area (Å²) in [7, 11) is 0. The molecule has 0 aromatic heterocycles. The highest BCUT2D eigenvalue weighted by atomic mass is 16.5. The molecule has 2 rings (SSSR count). The number of nitrogens with one attached hydrogen (secondary N) is 1. The van der Waals surface area contributed by atoms with Crippen LogP contribution >= 0.6 is 0 Å². The molecular weight excluding hydrogens is 314 g/mol. The van der Waals surface area contributed by atoms with Crippen molar-refractivity contribution < 1.29 is 14.3 Å². The van der Waals surface area contributed by atoms with Gasteiger partial charge in [0.25, 0.3) is 5.91 Å². The summed E-state index contributed by atoms with van der Waals surface area (Å²) >= 11 is 0. The highest BCUT2D eigenvalue weighted by Gasteiger charge is 2.20. The third-order valence-corrected chi connectivity index (χ3v) is 3.94. The van der Waals surface area contributed by atoms with Crippen LogP contribution in [0.1, 0.15) is 31.4 Å². The van der Waals surface area contributed by atoms with Crippen LogP contribution in [0.25, 0.3) is 0 Å². The van der Waals surface area contributed by atoms with E-state index in [0.717, 1.165) is 17.1 Å². The summed E-state index contributed by atoms with van der Waals surface area (Å²) < 4.78 is 11.6. The van der Waals surface area contributed by atoms with Crippen molar-refractivity contribution in [3.63, 3.8) is 0 Å². The van der Waals surface area contributed by atoms with E-state index in [1.807, 2.05) is 76.2 Å². The maximum atomic E-state index is 12.5. The second-order valence-electron chi connectivity index (χ2n) is 6.31. The van der Waals surface area contributed by atoms with Gasteiger partial charge in [0, 0.05) is 0 Å². The average Bonchev–Trinajstić information content (AvgIpc) is 2.60. The number of para-hydroxylation sites is 1. The summed E-state index contributed by atoms with van der Waals surface area (Å²) in [6.07, 6.45) is 0.0917. The van der Waals surface area contributed by atoms with Gasteiger partial charge in [-0.2, -0.15) is 0 Å². The molecule has 0 aliphatic rings. The maximum absolute atomic E-state index is 12.5. The lowest BCUT2D eigenvalue weighted by Crippen LogP contribution is -2.44. The third-order valence-electron chi connectivity index (χ3n) is 3.94. The average molecular weight is 341 g/mol. The molecule has 0 fully saturated rings. The Morgan fingerprint density at radius 1 is 1.08 bits per heavy atom. The molecule has 2 aromatic carbocycles. The van der Waals surface area contributed by atoms with Gasteiger partial charge in [-0.3, -0.25) is 4.79 Å². The number of carbonyl (C=O) groups is 1. The van der Waals surface area contributed by atoms with Gasteiger partial charge in [0.2, 0.25) is 0 Å². The summed E-state index contributed by atoms with van der Waals surface area (Å²) in [5.74, 6) is 1.42. The molecule has 0 unspecified atom stereocenters. The molecule has 2 aromatic rings. The molecule has 1 amide bonds. The van der Waals surface area contributed by atoms with Crippen molar-refractivity contribution in [3.05, 3.63) is 59.7 Å². The topological polar surface area (TPSA) is 47.6 Å². The second kappa shape index (κ2) is 9.11. The lowest BCUT2D eigenvalue weighted by molar-refractivity contribution is -0.129. The molecule has 0 saturated heterocycles. The Balaban J connectivity index is 1.85. The Morgan fingerprint density at radius 2 is 1.76 bits per heavy atom. The van der Waals surface area contributed by atoms with E-state index in [-0.39, 0.29) is 11.9 Å². The fourth-order valence-electron chi connectivity index (χ4n) is 2.40. The van der Waals surface area contributed by atoms with E-state index >= 15 is 0 Å². The lowest BCUT2D eigenvalue weighted by atomic mass is 10.2.